The zero-order valence-corrected chi connectivity index (χ0v) is 15.6. The molecule has 0 bridgehead atoms. The van der Waals surface area contributed by atoms with Crippen LogP contribution >= 0.6 is 11.6 Å². The van der Waals surface area contributed by atoms with Crippen LogP contribution in [0.25, 0.3) is 0 Å². The van der Waals surface area contributed by atoms with E-state index in [-0.39, 0.29) is 27.9 Å². The molecule has 0 unspecified atom stereocenters. The Morgan fingerprint density at radius 3 is 2.42 bits per heavy atom. The number of halogens is 1. The Morgan fingerprint density at radius 1 is 1.29 bits per heavy atom. The van der Waals surface area contributed by atoms with Gasteiger partial charge in [0.1, 0.15) is 5.60 Å². The first-order valence-electron chi connectivity index (χ1n) is 7.77. The van der Waals surface area contributed by atoms with Gasteiger partial charge in [-0.2, -0.15) is 0 Å². The lowest BCUT2D eigenvalue weighted by Gasteiger charge is -2.33. The maximum absolute atomic E-state index is 12.4. The second-order valence-corrected chi connectivity index (χ2v) is 9.25. The molecule has 1 aliphatic heterocycles. The van der Waals surface area contributed by atoms with Crippen LogP contribution in [0.3, 0.4) is 0 Å². The number of piperidine rings is 1. The average molecular weight is 376 g/mol. The highest BCUT2D eigenvalue weighted by molar-refractivity contribution is 7.91. The van der Waals surface area contributed by atoms with Crippen molar-refractivity contribution in [2.45, 2.75) is 44.2 Å². The average Bonchev–Trinajstić information content (AvgIpc) is 2.46. The van der Waals surface area contributed by atoms with Gasteiger partial charge in [0.2, 0.25) is 0 Å². The van der Waals surface area contributed by atoms with Crippen molar-refractivity contribution < 1.29 is 17.9 Å². The van der Waals surface area contributed by atoms with Crippen LogP contribution in [-0.4, -0.2) is 54.1 Å². The van der Waals surface area contributed by atoms with Crippen molar-refractivity contribution in [2.24, 2.45) is 5.92 Å². The van der Waals surface area contributed by atoms with E-state index in [1.54, 1.807) is 4.90 Å². The maximum atomic E-state index is 12.4. The molecule has 1 fully saturated rings. The standard InChI is InChI=1S/C15H22ClN3O4S/c1-15(2,3)23-14(20)19-8-6-11(7-9-19)10-24(21,22)13-5-4-12(16)17-18-13/h4-5,11H,6-10H2,1-3H3. The highest BCUT2D eigenvalue weighted by atomic mass is 35.5. The molecule has 0 aromatic carbocycles. The van der Waals surface area contributed by atoms with Gasteiger partial charge in [0.05, 0.1) is 5.75 Å². The number of amides is 1. The van der Waals surface area contributed by atoms with Gasteiger partial charge in [-0.05, 0) is 51.7 Å². The van der Waals surface area contributed by atoms with E-state index < -0.39 is 15.4 Å². The number of rotatable bonds is 3. The Morgan fingerprint density at radius 2 is 1.92 bits per heavy atom. The van der Waals surface area contributed by atoms with E-state index in [1.807, 2.05) is 20.8 Å². The van der Waals surface area contributed by atoms with E-state index in [1.165, 1.54) is 12.1 Å². The summed E-state index contributed by atoms with van der Waals surface area (Å²) in [6.07, 6.45) is 0.867. The molecule has 1 saturated heterocycles. The van der Waals surface area contributed by atoms with Crippen LogP contribution in [-0.2, 0) is 14.6 Å². The molecule has 0 atom stereocenters. The van der Waals surface area contributed by atoms with Crippen LogP contribution in [0.1, 0.15) is 33.6 Å². The molecule has 1 amide bonds. The van der Waals surface area contributed by atoms with Crippen LogP contribution in [0.4, 0.5) is 4.79 Å². The van der Waals surface area contributed by atoms with Gasteiger partial charge in [-0.3, -0.25) is 0 Å². The van der Waals surface area contributed by atoms with Crippen molar-refractivity contribution in [1.82, 2.24) is 15.1 Å². The van der Waals surface area contributed by atoms with Gasteiger partial charge in [-0.25, -0.2) is 13.2 Å². The number of ether oxygens (including phenoxy) is 1. The molecule has 24 heavy (non-hydrogen) atoms. The number of hydrogen-bond acceptors (Lipinski definition) is 6. The van der Waals surface area contributed by atoms with E-state index in [9.17, 15) is 13.2 Å². The summed E-state index contributed by atoms with van der Waals surface area (Å²) >= 11 is 5.63. The summed E-state index contributed by atoms with van der Waals surface area (Å²) in [5.74, 6) is -0.0305. The molecular formula is C15H22ClN3O4S. The first kappa shape index (κ1) is 18.9. The Balaban J connectivity index is 1.91. The summed E-state index contributed by atoms with van der Waals surface area (Å²) in [6, 6.07) is 2.77. The highest BCUT2D eigenvalue weighted by Crippen LogP contribution is 2.23. The summed E-state index contributed by atoms with van der Waals surface area (Å²) in [7, 11) is -3.51. The summed E-state index contributed by atoms with van der Waals surface area (Å²) in [5.41, 5.74) is -0.537. The third-order valence-corrected chi connectivity index (χ3v) is 5.61. The normalized spacial score (nSPS) is 16.9. The minimum Gasteiger partial charge on any atom is -0.444 e. The maximum Gasteiger partial charge on any atom is 0.410 e. The molecule has 1 aliphatic rings. The minimum absolute atomic E-state index is 0.00846. The third-order valence-electron chi connectivity index (χ3n) is 3.65. The number of nitrogens with zero attached hydrogens (tertiary/aromatic N) is 3. The fraction of sp³-hybridized carbons (Fsp3) is 0.667. The van der Waals surface area contributed by atoms with Gasteiger partial charge < -0.3 is 9.64 Å². The Bertz CT molecular complexity index is 678. The van der Waals surface area contributed by atoms with Crippen molar-refractivity contribution in [1.29, 1.82) is 0 Å². The molecule has 134 valence electrons. The van der Waals surface area contributed by atoms with E-state index in [4.69, 9.17) is 16.3 Å². The Hall–Kier alpha value is -1.41. The van der Waals surface area contributed by atoms with Crippen LogP contribution in [0.15, 0.2) is 17.2 Å². The van der Waals surface area contributed by atoms with Crippen molar-refractivity contribution >= 4 is 27.5 Å². The van der Waals surface area contributed by atoms with Crippen molar-refractivity contribution in [2.75, 3.05) is 18.8 Å². The fourth-order valence-electron chi connectivity index (χ4n) is 2.47. The predicted octanol–water partition coefficient (Wildman–Crippen LogP) is 2.55. The quantitative estimate of drug-likeness (QED) is 0.806. The Kier molecular flexibility index (Phi) is 5.70. The number of likely N-dealkylation sites (tertiary alicyclic amines) is 1. The Labute approximate surface area is 147 Å². The monoisotopic (exact) mass is 375 g/mol. The fourth-order valence-corrected chi connectivity index (χ4v) is 4.14. The number of carbonyl (C=O) groups excluding carboxylic acids is 1. The molecule has 0 radical (unpaired) electrons. The first-order chi connectivity index (χ1) is 11.1. The van der Waals surface area contributed by atoms with Gasteiger partial charge in [0, 0.05) is 13.1 Å². The summed E-state index contributed by atoms with van der Waals surface area (Å²) < 4.78 is 30.1. The molecule has 9 heteroatoms. The summed E-state index contributed by atoms with van der Waals surface area (Å²) in [6.45, 7) is 6.43. The number of hydrogen-bond donors (Lipinski definition) is 0. The lowest BCUT2D eigenvalue weighted by Crippen LogP contribution is -2.42. The SMILES string of the molecule is CC(C)(C)OC(=O)N1CCC(CS(=O)(=O)c2ccc(Cl)nn2)CC1. The second-order valence-electron chi connectivity index (χ2n) is 6.89. The van der Waals surface area contributed by atoms with Crippen molar-refractivity contribution in [3.8, 4) is 0 Å². The van der Waals surface area contributed by atoms with Gasteiger partial charge in [0.25, 0.3) is 0 Å². The summed E-state index contributed by atoms with van der Waals surface area (Å²) in [4.78, 5) is 13.6. The van der Waals surface area contributed by atoms with E-state index in [2.05, 4.69) is 10.2 Å². The van der Waals surface area contributed by atoms with Gasteiger partial charge in [-0.1, -0.05) is 11.6 Å². The van der Waals surface area contributed by atoms with Crippen LogP contribution in [0, 0.1) is 5.92 Å². The van der Waals surface area contributed by atoms with Gasteiger partial charge >= 0.3 is 6.09 Å². The van der Waals surface area contributed by atoms with Crippen molar-refractivity contribution in [3.63, 3.8) is 0 Å². The largest absolute Gasteiger partial charge is 0.444 e. The van der Waals surface area contributed by atoms with Crippen molar-refractivity contribution in [3.05, 3.63) is 17.3 Å². The molecule has 7 nitrogen and oxygen atoms in total. The molecule has 0 saturated carbocycles. The number of aromatic nitrogens is 2. The molecule has 0 N–H and O–H groups in total. The highest BCUT2D eigenvalue weighted by Gasteiger charge is 2.30. The molecule has 0 spiro atoms. The number of carbonyl (C=O) groups is 1. The molecular weight excluding hydrogens is 354 g/mol. The minimum atomic E-state index is -3.51. The molecule has 0 aliphatic carbocycles. The van der Waals surface area contributed by atoms with Crippen LogP contribution in [0.2, 0.25) is 5.15 Å². The van der Waals surface area contributed by atoms with Gasteiger partial charge in [-0.15, -0.1) is 10.2 Å². The second kappa shape index (κ2) is 7.23. The topological polar surface area (TPSA) is 89.5 Å². The summed E-state index contributed by atoms with van der Waals surface area (Å²) in [5, 5.41) is 7.30. The van der Waals surface area contributed by atoms with E-state index in [0.717, 1.165) is 0 Å². The smallest absolute Gasteiger partial charge is 0.410 e. The predicted molar refractivity (Wildman–Crippen MR) is 89.6 cm³/mol. The van der Waals surface area contributed by atoms with E-state index in [0.29, 0.717) is 25.9 Å². The first-order valence-corrected chi connectivity index (χ1v) is 9.80. The lowest BCUT2D eigenvalue weighted by molar-refractivity contribution is 0.0191. The number of sulfone groups is 1. The van der Waals surface area contributed by atoms with E-state index >= 15 is 0 Å². The van der Waals surface area contributed by atoms with Gasteiger partial charge in [0.15, 0.2) is 20.0 Å². The molecule has 1 aromatic rings. The molecule has 2 rings (SSSR count). The molecule has 1 aromatic heterocycles. The third kappa shape index (κ3) is 5.31. The van der Waals surface area contributed by atoms with Crippen LogP contribution in [0.5, 0.6) is 0 Å². The zero-order valence-electron chi connectivity index (χ0n) is 14.0. The lowest BCUT2D eigenvalue weighted by atomic mass is 9.99. The molecule has 2 heterocycles. The zero-order chi connectivity index (χ0) is 18.0. The van der Waals surface area contributed by atoms with Crippen LogP contribution < -0.4 is 0 Å².